The third kappa shape index (κ3) is 4.09. The summed E-state index contributed by atoms with van der Waals surface area (Å²) in [4.78, 5) is 2.22. The molecule has 1 aromatic carbocycles. The van der Waals surface area contributed by atoms with Crippen molar-refractivity contribution >= 4 is 11.6 Å². The van der Waals surface area contributed by atoms with Crippen LogP contribution in [0.1, 0.15) is 30.3 Å². The standard InChI is InChI=1S/C17H24ClN3O/c1-12(22)9-10-20(4)11-17-13(2)19-21(14(17)3)16-7-5-15(18)6-8-16/h5-8,12,22H,9-11H2,1-4H3. The van der Waals surface area contributed by atoms with Gasteiger partial charge >= 0.3 is 0 Å². The van der Waals surface area contributed by atoms with Crippen LogP contribution in [0.3, 0.4) is 0 Å². The predicted molar refractivity (Wildman–Crippen MR) is 90.7 cm³/mol. The quantitative estimate of drug-likeness (QED) is 0.887. The number of hydrogen-bond donors (Lipinski definition) is 1. The molecule has 1 atom stereocenters. The van der Waals surface area contributed by atoms with Crippen molar-refractivity contribution in [3.63, 3.8) is 0 Å². The van der Waals surface area contributed by atoms with Crippen LogP contribution in [-0.4, -0.2) is 39.5 Å². The number of benzene rings is 1. The first-order valence-electron chi connectivity index (χ1n) is 7.56. The van der Waals surface area contributed by atoms with E-state index in [0.29, 0.717) is 0 Å². The molecule has 0 fully saturated rings. The molecular formula is C17H24ClN3O. The molecule has 0 bridgehead atoms. The van der Waals surface area contributed by atoms with Gasteiger partial charge in [0, 0.05) is 29.4 Å². The maximum atomic E-state index is 9.40. The maximum Gasteiger partial charge on any atom is 0.0649 e. The molecule has 0 aliphatic carbocycles. The van der Waals surface area contributed by atoms with Crippen LogP contribution in [0.5, 0.6) is 0 Å². The molecular weight excluding hydrogens is 298 g/mol. The molecule has 4 nitrogen and oxygen atoms in total. The first kappa shape index (κ1) is 17.0. The number of nitrogens with zero attached hydrogens (tertiary/aromatic N) is 3. The summed E-state index contributed by atoms with van der Waals surface area (Å²) in [5.74, 6) is 0. The Balaban J connectivity index is 2.18. The Kier molecular flexibility index (Phi) is 5.62. The highest BCUT2D eigenvalue weighted by Gasteiger charge is 2.14. The summed E-state index contributed by atoms with van der Waals surface area (Å²) in [6.45, 7) is 7.65. The number of hydrogen-bond acceptors (Lipinski definition) is 3. The highest BCUT2D eigenvalue weighted by atomic mass is 35.5. The Morgan fingerprint density at radius 3 is 2.50 bits per heavy atom. The highest BCUT2D eigenvalue weighted by molar-refractivity contribution is 6.30. The van der Waals surface area contributed by atoms with E-state index in [4.69, 9.17) is 11.6 Å². The van der Waals surface area contributed by atoms with Gasteiger partial charge in [0.1, 0.15) is 0 Å². The molecule has 1 aromatic heterocycles. The van der Waals surface area contributed by atoms with Gasteiger partial charge in [0.05, 0.1) is 17.5 Å². The van der Waals surface area contributed by atoms with E-state index in [1.54, 1.807) is 0 Å². The molecule has 0 saturated carbocycles. The minimum absolute atomic E-state index is 0.263. The zero-order valence-corrected chi connectivity index (χ0v) is 14.4. The first-order chi connectivity index (χ1) is 10.4. The van der Waals surface area contributed by atoms with Gasteiger partial charge in [-0.15, -0.1) is 0 Å². The summed E-state index contributed by atoms with van der Waals surface area (Å²) in [5.41, 5.74) is 4.44. The number of aromatic nitrogens is 2. The first-order valence-corrected chi connectivity index (χ1v) is 7.94. The third-order valence-electron chi connectivity index (χ3n) is 3.87. The van der Waals surface area contributed by atoms with E-state index in [0.717, 1.165) is 41.6 Å². The van der Waals surface area contributed by atoms with Crippen LogP contribution in [0, 0.1) is 13.8 Å². The molecule has 2 aromatic rings. The van der Waals surface area contributed by atoms with Crippen molar-refractivity contribution in [2.45, 2.75) is 39.8 Å². The summed E-state index contributed by atoms with van der Waals surface area (Å²) >= 11 is 5.95. The monoisotopic (exact) mass is 321 g/mol. The van der Waals surface area contributed by atoms with Crippen molar-refractivity contribution in [1.82, 2.24) is 14.7 Å². The maximum absolute atomic E-state index is 9.40. The average Bonchev–Trinajstić information content (AvgIpc) is 2.74. The highest BCUT2D eigenvalue weighted by Crippen LogP contribution is 2.20. The van der Waals surface area contributed by atoms with Gasteiger partial charge in [-0.1, -0.05) is 11.6 Å². The van der Waals surface area contributed by atoms with E-state index >= 15 is 0 Å². The molecule has 0 aliphatic rings. The van der Waals surface area contributed by atoms with Gasteiger partial charge in [-0.3, -0.25) is 0 Å². The van der Waals surface area contributed by atoms with Crippen molar-refractivity contribution in [3.8, 4) is 5.69 Å². The second kappa shape index (κ2) is 7.27. The smallest absolute Gasteiger partial charge is 0.0649 e. The fourth-order valence-electron chi connectivity index (χ4n) is 2.49. The van der Waals surface area contributed by atoms with Gasteiger partial charge in [0.15, 0.2) is 0 Å². The molecule has 0 aliphatic heterocycles. The number of halogens is 1. The molecule has 22 heavy (non-hydrogen) atoms. The lowest BCUT2D eigenvalue weighted by Gasteiger charge is -2.17. The SMILES string of the molecule is Cc1nn(-c2ccc(Cl)cc2)c(C)c1CN(C)CCC(C)O. The second-order valence-corrected chi connectivity index (χ2v) is 6.35. The van der Waals surface area contributed by atoms with E-state index in [-0.39, 0.29) is 6.10 Å². The molecule has 1 unspecified atom stereocenters. The van der Waals surface area contributed by atoms with Gasteiger partial charge in [-0.2, -0.15) is 5.10 Å². The lowest BCUT2D eigenvalue weighted by Crippen LogP contribution is -2.22. The topological polar surface area (TPSA) is 41.3 Å². The molecule has 0 spiro atoms. The van der Waals surface area contributed by atoms with Gasteiger partial charge in [-0.05, 0) is 58.5 Å². The molecule has 120 valence electrons. The fraction of sp³-hybridized carbons (Fsp3) is 0.471. The van der Waals surface area contributed by atoms with Gasteiger partial charge < -0.3 is 10.0 Å². The van der Waals surface area contributed by atoms with Crippen molar-refractivity contribution in [3.05, 3.63) is 46.2 Å². The van der Waals surface area contributed by atoms with E-state index in [1.165, 1.54) is 5.56 Å². The average molecular weight is 322 g/mol. The molecule has 0 radical (unpaired) electrons. The van der Waals surface area contributed by atoms with Crippen LogP contribution in [0.25, 0.3) is 5.69 Å². The predicted octanol–water partition coefficient (Wildman–Crippen LogP) is 3.35. The fourth-order valence-corrected chi connectivity index (χ4v) is 2.62. The van der Waals surface area contributed by atoms with Gasteiger partial charge in [0.25, 0.3) is 0 Å². The summed E-state index contributed by atoms with van der Waals surface area (Å²) in [6, 6.07) is 7.70. The van der Waals surface area contributed by atoms with Crippen LogP contribution >= 0.6 is 11.6 Å². The minimum Gasteiger partial charge on any atom is -0.393 e. The minimum atomic E-state index is -0.263. The van der Waals surface area contributed by atoms with Crippen LogP contribution in [0.4, 0.5) is 0 Å². The number of aliphatic hydroxyl groups is 1. The van der Waals surface area contributed by atoms with Crippen LogP contribution in [0.15, 0.2) is 24.3 Å². The van der Waals surface area contributed by atoms with Crippen LogP contribution < -0.4 is 0 Å². The zero-order chi connectivity index (χ0) is 16.3. The Bertz CT molecular complexity index is 620. The normalized spacial score (nSPS) is 12.9. The van der Waals surface area contributed by atoms with Crippen molar-refractivity contribution in [2.24, 2.45) is 0 Å². The Morgan fingerprint density at radius 2 is 1.91 bits per heavy atom. The molecule has 2 rings (SSSR count). The second-order valence-electron chi connectivity index (χ2n) is 5.91. The zero-order valence-electron chi connectivity index (χ0n) is 13.7. The molecule has 1 N–H and O–H groups in total. The summed E-state index contributed by atoms with van der Waals surface area (Å²) < 4.78 is 1.96. The lowest BCUT2D eigenvalue weighted by molar-refractivity contribution is 0.163. The summed E-state index contributed by atoms with van der Waals surface area (Å²) in [5, 5.41) is 14.8. The number of aryl methyl sites for hydroxylation is 1. The van der Waals surface area contributed by atoms with E-state index in [1.807, 2.05) is 42.8 Å². The molecule has 0 saturated heterocycles. The van der Waals surface area contributed by atoms with Crippen molar-refractivity contribution in [1.29, 1.82) is 0 Å². The van der Waals surface area contributed by atoms with E-state index in [9.17, 15) is 5.11 Å². The molecule has 0 amide bonds. The Labute approximate surface area is 137 Å². The summed E-state index contributed by atoms with van der Waals surface area (Å²) in [7, 11) is 2.07. The van der Waals surface area contributed by atoms with Gasteiger partial charge in [-0.25, -0.2) is 4.68 Å². The van der Waals surface area contributed by atoms with Crippen LogP contribution in [-0.2, 0) is 6.54 Å². The Hall–Kier alpha value is -1.36. The Morgan fingerprint density at radius 1 is 1.27 bits per heavy atom. The van der Waals surface area contributed by atoms with Crippen LogP contribution in [0.2, 0.25) is 5.02 Å². The largest absolute Gasteiger partial charge is 0.393 e. The van der Waals surface area contributed by atoms with Crippen molar-refractivity contribution < 1.29 is 5.11 Å². The van der Waals surface area contributed by atoms with Crippen molar-refractivity contribution in [2.75, 3.05) is 13.6 Å². The van der Waals surface area contributed by atoms with Gasteiger partial charge in [0.2, 0.25) is 0 Å². The number of rotatable bonds is 6. The number of aliphatic hydroxyl groups excluding tert-OH is 1. The molecule has 1 heterocycles. The van der Waals surface area contributed by atoms with E-state index in [2.05, 4.69) is 24.0 Å². The lowest BCUT2D eigenvalue weighted by atomic mass is 10.1. The molecule has 5 heteroatoms. The van der Waals surface area contributed by atoms with E-state index < -0.39 is 0 Å². The third-order valence-corrected chi connectivity index (χ3v) is 4.12. The summed E-state index contributed by atoms with van der Waals surface area (Å²) in [6.07, 6.45) is 0.515.